The van der Waals surface area contributed by atoms with Gasteiger partial charge in [-0.3, -0.25) is 19.1 Å². The highest BCUT2D eigenvalue weighted by Crippen LogP contribution is 2.35. The monoisotopic (exact) mass is 660 g/mol. The summed E-state index contributed by atoms with van der Waals surface area (Å²) in [6.45, 7) is -1.29. The molecule has 46 heavy (non-hydrogen) atoms. The number of anilines is 1. The fourth-order valence-electron chi connectivity index (χ4n) is 5.19. The number of fused-ring (bicyclic) bond motifs is 4. The van der Waals surface area contributed by atoms with Crippen LogP contribution in [0.2, 0.25) is 5.02 Å². The van der Waals surface area contributed by atoms with E-state index in [9.17, 15) is 31.5 Å². The lowest BCUT2D eigenvalue weighted by molar-refractivity contribution is -0.141. The van der Waals surface area contributed by atoms with E-state index in [-0.39, 0.29) is 44.9 Å². The average molecular weight is 661 g/mol. The number of nitrogens with zero attached hydrogens (tertiary/aromatic N) is 9. The third kappa shape index (κ3) is 5.96. The summed E-state index contributed by atoms with van der Waals surface area (Å²) in [5, 5.41) is 13.3. The smallest absolute Gasteiger partial charge is 0.323 e. The van der Waals surface area contributed by atoms with Crippen LogP contribution in [-0.4, -0.2) is 50.2 Å². The third-order valence-corrected chi connectivity index (χ3v) is 7.68. The maximum Gasteiger partial charge on any atom is 0.436 e. The molecule has 0 saturated carbocycles. The fourth-order valence-corrected chi connectivity index (χ4v) is 5.35. The molecule has 2 atom stereocenters. The number of nitrogens with one attached hydrogen (secondary N) is 1. The van der Waals surface area contributed by atoms with Crippen LogP contribution in [0.3, 0.4) is 0 Å². The average Bonchev–Trinajstić information content (AvgIpc) is 3.67. The molecule has 5 aromatic rings. The number of amides is 1. The van der Waals surface area contributed by atoms with Gasteiger partial charge in [-0.25, -0.2) is 19.3 Å². The lowest BCUT2D eigenvalue weighted by Gasteiger charge is -2.22. The minimum Gasteiger partial charge on any atom is -0.323 e. The molecule has 6 rings (SSSR count). The van der Waals surface area contributed by atoms with Crippen molar-refractivity contribution in [2.75, 3.05) is 5.32 Å². The Morgan fingerprint density at radius 3 is 2.59 bits per heavy atom. The van der Waals surface area contributed by atoms with Gasteiger partial charge < -0.3 is 5.32 Å². The van der Waals surface area contributed by atoms with Crippen LogP contribution in [0.1, 0.15) is 50.2 Å². The molecule has 12 nitrogen and oxygen atoms in total. The Bertz CT molecular complexity index is 1990. The predicted molar refractivity (Wildman–Crippen MR) is 153 cm³/mol. The van der Waals surface area contributed by atoms with Crippen LogP contribution >= 0.6 is 11.6 Å². The van der Waals surface area contributed by atoms with E-state index in [1.807, 2.05) is 0 Å². The topological polar surface area (TPSA) is 138 Å². The van der Waals surface area contributed by atoms with E-state index >= 15 is 0 Å². The summed E-state index contributed by atoms with van der Waals surface area (Å²) in [6, 6.07) is 4.86. The van der Waals surface area contributed by atoms with Crippen molar-refractivity contribution >= 4 is 23.2 Å². The minimum atomic E-state index is -4.75. The molecular formula is C28H22ClF5N10O2. The molecule has 1 N–H and O–H groups in total. The summed E-state index contributed by atoms with van der Waals surface area (Å²) < 4.78 is 70.0. The van der Waals surface area contributed by atoms with Crippen molar-refractivity contribution in [3.63, 3.8) is 0 Å². The highest BCUT2D eigenvalue weighted by atomic mass is 35.5. The molecule has 238 valence electrons. The van der Waals surface area contributed by atoms with Crippen LogP contribution in [0.25, 0.3) is 28.3 Å². The van der Waals surface area contributed by atoms with Gasteiger partial charge in [0.15, 0.2) is 11.5 Å². The van der Waals surface area contributed by atoms with Crippen molar-refractivity contribution in [3.05, 3.63) is 82.1 Å². The molecule has 0 radical (unpaired) electrons. The molecule has 1 amide bonds. The molecule has 0 fully saturated rings. The fraction of sp³-hybridized carbons (Fsp3) is 0.286. The van der Waals surface area contributed by atoms with E-state index in [1.165, 1.54) is 41.5 Å². The molecule has 1 aliphatic heterocycles. The molecule has 5 aromatic heterocycles. The number of hydrogen-bond donors (Lipinski definition) is 1. The number of carbonyl (C=O) groups is 1. The molecule has 0 spiro atoms. The largest absolute Gasteiger partial charge is 0.436 e. The molecule has 0 aliphatic carbocycles. The Balaban J connectivity index is 1.43. The first kappa shape index (κ1) is 30.9. The SMILES string of the molecule is CC1CCCC(n2cnc(-c3cc(Cl)cnc3-n3cc(C(F)(F)F)nn3)cc2=O)c2cc(ccn2)-c2c(cnn2C(F)F)NC1=O. The first-order valence-electron chi connectivity index (χ1n) is 13.8. The van der Waals surface area contributed by atoms with Gasteiger partial charge >= 0.3 is 12.7 Å². The van der Waals surface area contributed by atoms with Gasteiger partial charge in [0.05, 0.1) is 52.6 Å². The minimum absolute atomic E-state index is 0.0258. The van der Waals surface area contributed by atoms with E-state index in [0.29, 0.717) is 35.8 Å². The van der Waals surface area contributed by atoms with Gasteiger partial charge in [-0.05, 0) is 31.0 Å². The van der Waals surface area contributed by atoms with Crippen molar-refractivity contribution < 1.29 is 26.7 Å². The second-order valence-electron chi connectivity index (χ2n) is 10.5. The van der Waals surface area contributed by atoms with Gasteiger partial charge in [-0.2, -0.15) is 27.1 Å². The number of aromatic nitrogens is 9. The second-order valence-corrected chi connectivity index (χ2v) is 11.0. The Labute approximate surface area is 260 Å². The van der Waals surface area contributed by atoms with E-state index in [2.05, 4.69) is 35.7 Å². The number of carbonyl (C=O) groups excluding carboxylic acids is 1. The maximum atomic E-state index is 13.9. The van der Waals surface area contributed by atoms with Gasteiger partial charge in [-0.1, -0.05) is 30.2 Å². The van der Waals surface area contributed by atoms with Crippen molar-refractivity contribution in [1.29, 1.82) is 0 Å². The number of halogens is 6. The van der Waals surface area contributed by atoms with Crippen LogP contribution in [-0.2, 0) is 11.0 Å². The highest BCUT2D eigenvalue weighted by Gasteiger charge is 2.35. The summed E-state index contributed by atoms with van der Waals surface area (Å²) in [7, 11) is 0. The molecule has 2 unspecified atom stereocenters. The summed E-state index contributed by atoms with van der Waals surface area (Å²) in [4.78, 5) is 39.5. The summed E-state index contributed by atoms with van der Waals surface area (Å²) in [6.07, 6.45) is 2.15. The summed E-state index contributed by atoms with van der Waals surface area (Å²) >= 11 is 6.14. The Hall–Kier alpha value is -5.06. The zero-order valence-electron chi connectivity index (χ0n) is 23.7. The van der Waals surface area contributed by atoms with Crippen LogP contribution < -0.4 is 10.9 Å². The normalized spacial score (nSPS) is 17.3. The van der Waals surface area contributed by atoms with Crippen LogP contribution in [0.5, 0.6) is 0 Å². The Kier molecular flexibility index (Phi) is 8.10. The second kappa shape index (κ2) is 12.0. The maximum absolute atomic E-state index is 13.9. The molecule has 6 heterocycles. The molecule has 1 aliphatic rings. The summed E-state index contributed by atoms with van der Waals surface area (Å²) in [5.41, 5.74) is -0.908. The van der Waals surface area contributed by atoms with E-state index < -0.39 is 35.9 Å². The van der Waals surface area contributed by atoms with Crippen molar-refractivity contribution in [3.8, 4) is 28.3 Å². The number of pyridine rings is 2. The quantitative estimate of drug-likeness (QED) is 0.247. The molecule has 2 bridgehead atoms. The third-order valence-electron chi connectivity index (χ3n) is 7.48. The molecule has 0 aromatic carbocycles. The number of rotatable bonds is 4. The zero-order chi connectivity index (χ0) is 32.7. The lowest BCUT2D eigenvalue weighted by Crippen LogP contribution is -2.27. The van der Waals surface area contributed by atoms with Crippen LogP contribution in [0, 0.1) is 5.92 Å². The first-order valence-corrected chi connectivity index (χ1v) is 14.2. The standard InChI is InChI=1S/C28H22ClF5N10O2/c1-14-3-2-4-21(19-7-15(5-6-35-19)24-20(39-26(14)46)11-38-44(24)27(30)31)42-13-37-18(9-23(42)45)17-8-16(29)10-36-25(17)43-12-22(40-41-43)28(32,33)34/h5-14,21,27H,2-4H2,1H3,(H,39,46). The van der Waals surface area contributed by atoms with Gasteiger partial charge in [0.2, 0.25) is 5.91 Å². The number of hydrogen-bond acceptors (Lipinski definition) is 8. The van der Waals surface area contributed by atoms with Gasteiger partial charge in [0.1, 0.15) is 0 Å². The predicted octanol–water partition coefficient (Wildman–Crippen LogP) is 5.56. The molecular weight excluding hydrogens is 639 g/mol. The van der Waals surface area contributed by atoms with Crippen molar-refractivity contribution in [2.24, 2.45) is 5.92 Å². The van der Waals surface area contributed by atoms with Crippen molar-refractivity contribution in [2.45, 2.75) is 45.0 Å². The number of alkyl halides is 5. The van der Waals surface area contributed by atoms with E-state index in [4.69, 9.17) is 11.6 Å². The summed E-state index contributed by atoms with van der Waals surface area (Å²) in [5.74, 6) is -0.962. The van der Waals surface area contributed by atoms with E-state index in [1.54, 1.807) is 13.0 Å². The van der Waals surface area contributed by atoms with E-state index in [0.717, 1.165) is 10.9 Å². The molecule has 18 heteroatoms. The van der Waals surface area contributed by atoms with Gasteiger partial charge in [0, 0.05) is 35.5 Å². The highest BCUT2D eigenvalue weighted by molar-refractivity contribution is 6.30. The zero-order valence-corrected chi connectivity index (χ0v) is 24.4. The lowest BCUT2D eigenvalue weighted by atomic mass is 9.97. The molecule has 0 saturated heterocycles. The van der Waals surface area contributed by atoms with Crippen LogP contribution in [0.4, 0.5) is 27.6 Å². The van der Waals surface area contributed by atoms with Gasteiger partial charge in [-0.15, -0.1) is 5.10 Å². The van der Waals surface area contributed by atoms with Gasteiger partial charge in [0.25, 0.3) is 5.56 Å². The Morgan fingerprint density at radius 2 is 1.87 bits per heavy atom. The first-order chi connectivity index (χ1) is 21.9. The van der Waals surface area contributed by atoms with Crippen molar-refractivity contribution in [1.82, 2.24) is 44.3 Å². The van der Waals surface area contributed by atoms with Crippen LogP contribution in [0.15, 0.2) is 60.2 Å². The Morgan fingerprint density at radius 1 is 1.07 bits per heavy atom.